The van der Waals surface area contributed by atoms with Gasteiger partial charge in [0.15, 0.2) is 0 Å². The minimum Gasteiger partial charge on any atom is -0.206 e. The van der Waals surface area contributed by atoms with Crippen LogP contribution < -0.4 is 0 Å². The van der Waals surface area contributed by atoms with Crippen molar-refractivity contribution in [2.24, 2.45) is 0 Å². The Hall–Kier alpha value is -0.890. The van der Waals surface area contributed by atoms with Gasteiger partial charge in [0.1, 0.15) is 5.82 Å². The van der Waals surface area contributed by atoms with Crippen LogP contribution >= 0.6 is 11.3 Å². The molecule has 0 saturated heterocycles. The molecular formula is C9H6FS. The lowest BCUT2D eigenvalue weighted by Gasteiger charge is -1.90. The first kappa shape index (κ1) is 6.80. The van der Waals surface area contributed by atoms with Gasteiger partial charge in [-0.3, -0.25) is 0 Å². The average Bonchev–Trinajstić information content (AvgIpc) is 2.35. The van der Waals surface area contributed by atoms with Crippen molar-refractivity contribution in [2.45, 2.75) is 0 Å². The van der Waals surface area contributed by atoms with Crippen LogP contribution in [0.25, 0.3) is 10.8 Å². The lowest BCUT2D eigenvalue weighted by molar-refractivity contribution is 0.640. The Morgan fingerprint density at radius 2 is 2.09 bits per heavy atom. The smallest absolute Gasteiger partial charge is 0.131 e. The van der Waals surface area contributed by atoms with Gasteiger partial charge in [0.05, 0.1) is 0 Å². The Bertz CT molecular complexity index is 389. The Balaban J connectivity index is 2.94. The van der Waals surface area contributed by atoms with Crippen molar-refractivity contribution in [1.82, 2.24) is 0 Å². The molecule has 0 atom stereocenters. The lowest BCUT2D eigenvalue weighted by Crippen LogP contribution is -1.72. The summed E-state index contributed by atoms with van der Waals surface area (Å²) in [4.78, 5) is 0.930. The molecule has 0 unspecified atom stereocenters. The van der Waals surface area contributed by atoms with E-state index in [4.69, 9.17) is 0 Å². The first-order valence-corrected chi connectivity index (χ1v) is 4.14. The molecule has 2 aromatic rings. The third kappa shape index (κ3) is 0.942. The third-order valence-corrected chi connectivity index (χ3v) is 2.53. The maximum absolute atomic E-state index is 13.0. The van der Waals surface area contributed by atoms with E-state index in [0.29, 0.717) is 5.39 Å². The first-order valence-electron chi connectivity index (χ1n) is 3.27. The number of halogens is 1. The molecule has 0 fully saturated rings. The second kappa shape index (κ2) is 2.31. The third-order valence-electron chi connectivity index (χ3n) is 1.67. The largest absolute Gasteiger partial charge is 0.206 e. The van der Waals surface area contributed by atoms with Gasteiger partial charge in [0, 0.05) is 15.6 Å². The summed E-state index contributed by atoms with van der Waals surface area (Å²) < 4.78 is 13.0. The van der Waals surface area contributed by atoms with Gasteiger partial charge in [-0.25, -0.2) is 4.39 Å². The summed E-state index contributed by atoms with van der Waals surface area (Å²) in [6.07, 6.45) is 0. The molecule has 0 N–H and O–H groups in total. The van der Waals surface area contributed by atoms with Crippen LogP contribution in [0.15, 0.2) is 23.6 Å². The normalized spacial score (nSPS) is 10.7. The maximum atomic E-state index is 13.0. The van der Waals surface area contributed by atoms with Gasteiger partial charge in [-0.2, -0.15) is 0 Å². The van der Waals surface area contributed by atoms with E-state index in [1.807, 2.05) is 6.07 Å². The van der Waals surface area contributed by atoms with Crippen molar-refractivity contribution in [3.63, 3.8) is 0 Å². The van der Waals surface area contributed by atoms with Crippen molar-refractivity contribution in [3.05, 3.63) is 41.2 Å². The summed E-state index contributed by atoms with van der Waals surface area (Å²) in [5.74, 6) is -0.159. The Morgan fingerprint density at radius 1 is 1.27 bits per heavy atom. The van der Waals surface area contributed by atoms with E-state index >= 15 is 0 Å². The monoisotopic (exact) mass is 165 g/mol. The zero-order valence-electron chi connectivity index (χ0n) is 5.80. The van der Waals surface area contributed by atoms with Crippen molar-refractivity contribution < 1.29 is 4.39 Å². The van der Waals surface area contributed by atoms with Gasteiger partial charge in [-0.05, 0) is 18.4 Å². The molecule has 0 spiro atoms. The molecule has 1 heterocycles. The van der Waals surface area contributed by atoms with E-state index in [9.17, 15) is 4.39 Å². The van der Waals surface area contributed by atoms with Crippen molar-refractivity contribution in [2.75, 3.05) is 0 Å². The van der Waals surface area contributed by atoms with E-state index in [0.717, 1.165) is 10.3 Å². The second-order valence-corrected chi connectivity index (χ2v) is 3.32. The highest BCUT2D eigenvalue weighted by Crippen LogP contribution is 2.26. The maximum Gasteiger partial charge on any atom is 0.131 e. The summed E-state index contributed by atoms with van der Waals surface area (Å²) >= 11 is 1.48. The quantitative estimate of drug-likeness (QED) is 0.562. The molecule has 0 aliphatic rings. The molecule has 0 aliphatic heterocycles. The molecule has 0 aliphatic carbocycles. The van der Waals surface area contributed by atoms with Crippen molar-refractivity contribution in [1.29, 1.82) is 0 Å². The number of hydrogen-bond donors (Lipinski definition) is 0. The fraction of sp³-hybridized carbons (Fsp3) is 0. The Labute approximate surface area is 68.3 Å². The molecule has 0 amide bonds. The van der Waals surface area contributed by atoms with Gasteiger partial charge < -0.3 is 0 Å². The highest BCUT2D eigenvalue weighted by Gasteiger charge is 2.02. The van der Waals surface area contributed by atoms with Crippen molar-refractivity contribution in [3.8, 4) is 0 Å². The second-order valence-electron chi connectivity index (χ2n) is 2.36. The van der Waals surface area contributed by atoms with E-state index in [1.165, 1.54) is 17.4 Å². The molecule has 0 nitrogen and oxygen atoms in total. The number of fused-ring (bicyclic) bond motifs is 1. The summed E-state index contributed by atoms with van der Waals surface area (Å²) in [7, 11) is 0. The van der Waals surface area contributed by atoms with Crippen LogP contribution in [-0.4, -0.2) is 0 Å². The average molecular weight is 165 g/mol. The molecule has 1 radical (unpaired) electrons. The van der Waals surface area contributed by atoms with E-state index in [1.54, 1.807) is 11.4 Å². The molecule has 0 bridgehead atoms. The summed E-state index contributed by atoms with van der Waals surface area (Å²) in [5, 5.41) is 3.41. The van der Waals surface area contributed by atoms with Crippen molar-refractivity contribution >= 4 is 22.1 Å². The predicted molar refractivity (Wildman–Crippen MR) is 46.2 cm³/mol. The zero-order valence-corrected chi connectivity index (χ0v) is 6.62. The number of hydrogen-bond acceptors (Lipinski definition) is 1. The fourth-order valence-electron chi connectivity index (χ4n) is 1.09. The topological polar surface area (TPSA) is 0 Å². The summed E-state index contributed by atoms with van der Waals surface area (Å²) in [6, 6.07) is 5.06. The molecule has 2 rings (SSSR count). The van der Waals surface area contributed by atoms with Gasteiger partial charge in [-0.15, -0.1) is 11.3 Å². The Morgan fingerprint density at radius 3 is 2.82 bits per heavy atom. The van der Waals surface area contributed by atoms with Crippen LogP contribution in [0.4, 0.5) is 4.39 Å². The van der Waals surface area contributed by atoms with Crippen LogP contribution in [0.5, 0.6) is 0 Å². The number of rotatable bonds is 0. The van der Waals surface area contributed by atoms with Crippen LogP contribution in [0.2, 0.25) is 0 Å². The van der Waals surface area contributed by atoms with Crippen LogP contribution in [0.1, 0.15) is 4.88 Å². The number of benzene rings is 1. The molecule has 2 heteroatoms. The molecule has 55 valence electrons. The SMILES string of the molecule is [CH2]c1scc2c(F)cccc12. The predicted octanol–water partition coefficient (Wildman–Crippen LogP) is 3.22. The summed E-state index contributed by atoms with van der Waals surface area (Å²) in [5.41, 5.74) is 0. The van der Waals surface area contributed by atoms with Gasteiger partial charge >= 0.3 is 0 Å². The van der Waals surface area contributed by atoms with Crippen LogP contribution in [-0.2, 0) is 0 Å². The van der Waals surface area contributed by atoms with Crippen LogP contribution in [0, 0.1) is 12.7 Å². The van der Waals surface area contributed by atoms with E-state index in [-0.39, 0.29) is 5.82 Å². The highest BCUT2D eigenvalue weighted by atomic mass is 32.1. The van der Waals surface area contributed by atoms with Gasteiger partial charge in [0.25, 0.3) is 0 Å². The molecule has 1 aromatic carbocycles. The lowest BCUT2D eigenvalue weighted by atomic mass is 10.2. The standard InChI is InChI=1S/C9H6FS/c1-6-7-3-2-4-9(10)8(7)5-11-6/h2-5H,1H2. The van der Waals surface area contributed by atoms with E-state index in [2.05, 4.69) is 6.92 Å². The first-order chi connectivity index (χ1) is 5.29. The highest BCUT2D eigenvalue weighted by molar-refractivity contribution is 7.11. The molecule has 0 saturated carbocycles. The Kier molecular flexibility index (Phi) is 1.43. The molecule has 11 heavy (non-hydrogen) atoms. The van der Waals surface area contributed by atoms with Crippen LogP contribution in [0.3, 0.4) is 0 Å². The van der Waals surface area contributed by atoms with Gasteiger partial charge in [-0.1, -0.05) is 12.1 Å². The minimum atomic E-state index is -0.159. The minimum absolute atomic E-state index is 0.159. The van der Waals surface area contributed by atoms with Gasteiger partial charge in [0.2, 0.25) is 0 Å². The molecule has 1 aromatic heterocycles. The zero-order chi connectivity index (χ0) is 7.84. The summed E-state index contributed by atoms with van der Waals surface area (Å²) in [6.45, 7) is 3.80. The molecular weight excluding hydrogens is 159 g/mol. The van der Waals surface area contributed by atoms with E-state index < -0.39 is 0 Å². The fourth-order valence-corrected chi connectivity index (χ4v) is 1.90. The number of thiophene rings is 1.